The fourth-order valence-corrected chi connectivity index (χ4v) is 0.747. The number of nitrogens with zero attached hydrogens (tertiary/aromatic N) is 2. The molecule has 1 atom stereocenters. The molecule has 0 aliphatic rings. The van der Waals surface area contributed by atoms with Gasteiger partial charge in [-0.25, -0.2) is 0 Å². The van der Waals surface area contributed by atoms with Gasteiger partial charge < -0.3 is 5.11 Å². The van der Waals surface area contributed by atoms with Gasteiger partial charge in [0.1, 0.15) is 6.10 Å². The van der Waals surface area contributed by atoms with Crippen molar-refractivity contribution in [1.29, 1.82) is 0 Å². The highest BCUT2D eigenvalue weighted by Gasteiger charge is 2.06. The normalized spacial score (nSPS) is 12.5. The maximum atomic E-state index is 9.43. The third-order valence-corrected chi connectivity index (χ3v) is 1.39. The lowest BCUT2D eigenvalue weighted by atomic mass is 10.1. The van der Waals surface area contributed by atoms with E-state index in [0.717, 1.165) is 5.56 Å². The van der Waals surface area contributed by atoms with Gasteiger partial charge in [-0.15, -0.1) is 0 Å². The molecule has 0 aliphatic heterocycles. The summed E-state index contributed by atoms with van der Waals surface area (Å²) in [6.07, 6.45) is 2.45. The van der Waals surface area contributed by atoms with Gasteiger partial charge in [0.2, 0.25) is 0 Å². The molecule has 0 saturated heterocycles. The van der Waals surface area contributed by atoms with E-state index >= 15 is 0 Å². The van der Waals surface area contributed by atoms with Crippen molar-refractivity contribution in [1.82, 2.24) is 10.2 Å². The lowest BCUT2D eigenvalue weighted by Gasteiger charge is -2.07. The molecule has 1 unspecified atom stereocenters. The number of hydrogen-bond donors (Lipinski definition) is 1. The third kappa shape index (κ3) is 1.85. The summed E-state index contributed by atoms with van der Waals surface area (Å²) in [5.74, 6) is 0. The topological polar surface area (TPSA) is 46.0 Å². The molecular formula is C8H10N2O. The van der Waals surface area contributed by atoms with Crippen molar-refractivity contribution in [3.63, 3.8) is 0 Å². The Labute approximate surface area is 65.4 Å². The van der Waals surface area contributed by atoms with Crippen molar-refractivity contribution in [3.8, 4) is 0 Å². The minimum absolute atomic E-state index is 0.620. The third-order valence-electron chi connectivity index (χ3n) is 1.39. The highest BCUT2D eigenvalue weighted by Crippen LogP contribution is 2.16. The number of aliphatic hydroxyl groups excluding tert-OH is 1. The van der Waals surface area contributed by atoms with Crippen LogP contribution in [0.4, 0.5) is 0 Å². The first-order valence-electron chi connectivity index (χ1n) is 3.32. The Morgan fingerprint density at radius 2 is 2.36 bits per heavy atom. The van der Waals surface area contributed by atoms with Gasteiger partial charge in [0.05, 0.1) is 6.20 Å². The fraction of sp³-hybridized carbons (Fsp3) is 0.250. The minimum atomic E-state index is -0.620. The van der Waals surface area contributed by atoms with Crippen molar-refractivity contribution in [3.05, 3.63) is 36.2 Å². The van der Waals surface area contributed by atoms with Gasteiger partial charge in [0, 0.05) is 11.8 Å². The van der Waals surface area contributed by atoms with Gasteiger partial charge in [-0.2, -0.15) is 10.2 Å². The Bertz CT molecular complexity index is 246. The van der Waals surface area contributed by atoms with E-state index in [1.54, 1.807) is 19.2 Å². The maximum Gasteiger partial charge on any atom is 0.101 e. The molecule has 1 rings (SSSR count). The Morgan fingerprint density at radius 3 is 2.82 bits per heavy atom. The molecule has 1 N–H and O–H groups in total. The molecule has 0 spiro atoms. The van der Waals surface area contributed by atoms with E-state index < -0.39 is 6.10 Å². The summed E-state index contributed by atoms with van der Waals surface area (Å²) in [5.41, 5.74) is 1.44. The van der Waals surface area contributed by atoms with Gasteiger partial charge in [-0.3, -0.25) is 0 Å². The molecular weight excluding hydrogens is 140 g/mol. The van der Waals surface area contributed by atoms with Crippen LogP contribution < -0.4 is 0 Å². The molecule has 1 heterocycles. The van der Waals surface area contributed by atoms with Crippen molar-refractivity contribution in [2.75, 3.05) is 0 Å². The Hall–Kier alpha value is -1.22. The summed E-state index contributed by atoms with van der Waals surface area (Å²) in [6, 6.07) is 1.71. The van der Waals surface area contributed by atoms with E-state index in [-0.39, 0.29) is 0 Å². The number of hydrogen-bond acceptors (Lipinski definition) is 3. The van der Waals surface area contributed by atoms with E-state index in [1.807, 2.05) is 0 Å². The standard InChI is InChI=1S/C8H10N2O/c1-6(2)8(11)7-3-4-9-10-5-7/h3-5,8,11H,1H2,2H3. The summed E-state index contributed by atoms with van der Waals surface area (Å²) in [4.78, 5) is 0. The van der Waals surface area contributed by atoms with E-state index in [4.69, 9.17) is 0 Å². The second-order valence-electron chi connectivity index (χ2n) is 2.42. The first-order valence-corrected chi connectivity index (χ1v) is 3.32. The molecule has 0 radical (unpaired) electrons. The summed E-state index contributed by atoms with van der Waals surface area (Å²) < 4.78 is 0. The fourth-order valence-electron chi connectivity index (χ4n) is 0.747. The minimum Gasteiger partial charge on any atom is -0.384 e. The monoisotopic (exact) mass is 150 g/mol. The van der Waals surface area contributed by atoms with Crippen LogP contribution in [-0.4, -0.2) is 15.3 Å². The maximum absolute atomic E-state index is 9.43. The molecule has 11 heavy (non-hydrogen) atoms. The van der Waals surface area contributed by atoms with Crippen LogP contribution in [0.15, 0.2) is 30.6 Å². The van der Waals surface area contributed by atoms with Gasteiger partial charge >= 0.3 is 0 Å². The molecule has 3 heteroatoms. The molecule has 58 valence electrons. The zero-order chi connectivity index (χ0) is 8.27. The molecule has 1 aromatic heterocycles. The van der Waals surface area contributed by atoms with Crippen LogP contribution in [0.3, 0.4) is 0 Å². The average molecular weight is 150 g/mol. The van der Waals surface area contributed by atoms with Gasteiger partial charge in [-0.1, -0.05) is 6.58 Å². The van der Waals surface area contributed by atoms with Gasteiger partial charge in [0.25, 0.3) is 0 Å². The van der Waals surface area contributed by atoms with Crippen LogP contribution in [0.2, 0.25) is 0 Å². The summed E-state index contributed by atoms with van der Waals surface area (Å²) in [7, 11) is 0. The first-order chi connectivity index (χ1) is 5.22. The molecule has 0 fully saturated rings. The predicted molar refractivity (Wildman–Crippen MR) is 41.8 cm³/mol. The van der Waals surface area contributed by atoms with Crippen LogP contribution in [-0.2, 0) is 0 Å². The number of aliphatic hydroxyl groups is 1. The summed E-state index contributed by atoms with van der Waals surface area (Å²) in [5, 5.41) is 16.7. The molecule has 1 aromatic rings. The molecule has 0 saturated carbocycles. The highest BCUT2D eigenvalue weighted by molar-refractivity contribution is 5.18. The highest BCUT2D eigenvalue weighted by atomic mass is 16.3. The van der Waals surface area contributed by atoms with Crippen LogP contribution in [0.5, 0.6) is 0 Å². The van der Waals surface area contributed by atoms with E-state index in [2.05, 4.69) is 16.8 Å². The average Bonchev–Trinajstić information content (AvgIpc) is 2.05. The zero-order valence-electron chi connectivity index (χ0n) is 6.36. The Kier molecular flexibility index (Phi) is 2.33. The lowest BCUT2D eigenvalue weighted by molar-refractivity contribution is 0.215. The zero-order valence-corrected chi connectivity index (χ0v) is 6.36. The van der Waals surface area contributed by atoms with Crippen LogP contribution in [0.25, 0.3) is 0 Å². The second-order valence-corrected chi connectivity index (χ2v) is 2.42. The first kappa shape index (κ1) is 7.88. The van der Waals surface area contributed by atoms with Crippen LogP contribution in [0, 0.1) is 0 Å². The van der Waals surface area contributed by atoms with Crippen molar-refractivity contribution >= 4 is 0 Å². The van der Waals surface area contributed by atoms with Crippen molar-refractivity contribution in [2.45, 2.75) is 13.0 Å². The van der Waals surface area contributed by atoms with Gasteiger partial charge in [-0.05, 0) is 18.6 Å². The lowest BCUT2D eigenvalue weighted by Crippen LogP contribution is -1.98. The van der Waals surface area contributed by atoms with Crippen molar-refractivity contribution in [2.24, 2.45) is 0 Å². The smallest absolute Gasteiger partial charge is 0.101 e. The van der Waals surface area contributed by atoms with Crippen molar-refractivity contribution < 1.29 is 5.11 Å². The van der Waals surface area contributed by atoms with Crippen LogP contribution >= 0.6 is 0 Å². The molecule has 3 nitrogen and oxygen atoms in total. The predicted octanol–water partition coefficient (Wildman–Crippen LogP) is 1.09. The summed E-state index contributed by atoms with van der Waals surface area (Å²) in [6.45, 7) is 5.40. The summed E-state index contributed by atoms with van der Waals surface area (Å²) >= 11 is 0. The van der Waals surface area contributed by atoms with Gasteiger partial charge in [0.15, 0.2) is 0 Å². The second kappa shape index (κ2) is 3.25. The number of rotatable bonds is 2. The SMILES string of the molecule is C=C(C)C(O)c1ccnnc1. The van der Waals surface area contributed by atoms with E-state index in [0.29, 0.717) is 5.57 Å². The molecule has 0 aromatic carbocycles. The quantitative estimate of drug-likeness (QED) is 0.642. The van der Waals surface area contributed by atoms with E-state index in [9.17, 15) is 5.11 Å². The molecule has 0 amide bonds. The molecule has 0 bridgehead atoms. The largest absolute Gasteiger partial charge is 0.384 e. The number of aromatic nitrogens is 2. The van der Waals surface area contributed by atoms with Crippen LogP contribution in [0.1, 0.15) is 18.6 Å². The van der Waals surface area contributed by atoms with E-state index in [1.165, 1.54) is 6.20 Å². The Balaban J connectivity index is 2.85. The molecule has 0 aliphatic carbocycles. The Morgan fingerprint density at radius 1 is 1.64 bits per heavy atom.